The highest BCUT2D eigenvalue weighted by atomic mass is 79.9. The lowest BCUT2D eigenvalue weighted by atomic mass is 9.91. The van der Waals surface area contributed by atoms with Gasteiger partial charge in [0.25, 0.3) is 0 Å². The molecule has 1 N–H and O–H groups in total. The van der Waals surface area contributed by atoms with Gasteiger partial charge in [-0.05, 0) is 40.8 Å². The van der Waals surface area contributed by atoms with E-state index in [1.807, 2.05) is 35.7 Å². The highest BCUT2D eigenvalue weighted by Gasteiger charge is 2.38. The maximum atomic E-state index is 12.6. The number of carboxylic acid groups (broad SMARTS) is 1. The molecule has 1 aromatic carbocycles. The molecule has 1 saturated heterocycles. The molecule has 3 rings (SSSR count). The van der Waals surface area contributed by atoms with Gasteiger partial charge in [0.15, 0.2) is 0 Å². The van der Waals surface area contributed by atoms with Crippen LogP contribution in [0.5, 0.6) is 0 Å². The van der Waals surface area contributed by atoms with Crippen LogP contribution in [0.1, 0.15) is 36.3 Å². The van der Waals surface area contributed by atoms with Gasteiger partial charge < -0.3 is 19.5 Å². The van der Waals surface area contributed by atoms with Crippen molar-refractivity contribution in [3.8, 4) is 0 Å². The number of benzene rings is 1. The lowest BCUT2D eigenvalue weighted by molar-refractivity contribution is -0.153. The minimum absolute atomic E-state index is 0.219. The molecule has 1 unspecified atom stereocenters. The number of aromatic nitrogens is 1. The molecular weight excluding hydrogens is 460 g/mol. The van der Waals surface area contributed by atoms with E-state index in [0.717, 1.165) is 23.4 Å². The Labute approximate surface area is 181 Å². The Morgan fingerprint density at radius 3 is 2.69 bits per heavy atom. The molecule has 7 nitrogen and oxygen atoms in total. The van der Waals surface area contributed by atoms with Crippen molar-refractivity contribution in [2.45, 2.75) is 37.9 Å². The maximum absolute atomic E-state index is 12.6. The smallest absolute Gasteiger partial charge is 0.410 e. The quantitative estimate of drug-likeness (QED) is 0.655. The number of nitrogens with zero attached hydrogens (tertiary/aromatic N) is 2. The summed E-state index contributed by atoms with van der Waals surface area (Å²) in [7, 11) is 0. The van der Waals surface area contributed by atoms with Crippen LogP contribution in [0.4, 0.5) is 4.79 Å². The van der Waals surface area contributed by atoms with Gasteiger partial charge in [0.1, 0.15) is 28.4 Å². The van der Waals surface area contributed by atoms with E-state index in [1.54, 1.807) is 4.90 Å². The zero-order valence-corrected chi connectivity index (χ0v) is 18.3. The van der Waals surface area contributed by atoms with Crippen molar-refractivity contribution in [3.63, 3.8) is 0 Å². The van der Waals surface area contributed by atoms with E-state index < -0.39 is 18.2 Å². The van der Waals surface area contributed by atoms with Gasteiger partial charge in [-0.25, -0.2) is 14.6 Å². The number of ether oxygens (including phenoxy) is 2. The largest absolute Gasteiger partial charge is 0.480 e. The molecule has 0 aliphatic carbocycles. The van der Waals surface area contributed by atoms with E-state index in [9.17, 15) is 9.59 Å². The third-order valence-electron chi connectivity index (χ3n) is 4.85. The lowest BCUT2D eigenvalue weighted by Crippen LogP contribution is -2.41. The van der Waals surface area contributed by atoms with Crippen molar-refractivity contribution in [1.29, 1.82) is 0 Å². The number of hydrogen-bond acceptors (Lipinski definition) is 6. The van der Waals surface area contributed by atoms with Crippen molar-refractivity contribution >= 4 is 39.3 Å². The third kappa shape index (κ3) is 6.01. The zero-order chi connectivity index (χ0) is 20.7. The molecule has 0 saturated carbocycles. The third-order valence-corrected chi connectivity index (χ3v) is 6.58. The number of aliphatic carboxylic acids is 1. The molecule has 1 atom stereocenters. The number of thiazole rings is 1. The summed E-state index contributed by atoms with van der Waals surface area (Å²) in [5, 5.41) is 11.7. The van der Waals surface area contributed by atoms with Crippen molar-refractivity contribution in [3.05, 3.63) is 50.9 Å². The van der Waals surface area contributed by atoms with Gasteiger partial charge in [0.05, 0.1) is 0 Å². The Hall–Kier alpha value is -1.97. The van der Waals surface area contributed by atoms with E-state index in [1.165, 1.54) is 11.3 Å². The Balaban J connectivity index is 1.69. The van der Waals surface area contributed by atoms with E-state index >= 15 is 0 Å². The minimum atomic E-state index is -1.03. The second kappa shape index (κ2) is 10.2. The fraction of sp³-hybridized carbons (Fsp3) is 0.450. The average molecular weight is 483 g/mol. The van der Waals surface area contributed by atoms with Crippen molar-refractivity contribution in [2.24, 2.45) is 0 Å². The van der Waals surface area contributed by atoms with E-state index in [2.05, 4.69) is 20.9 Å². The van der Waals surface area contributed by atoms with Crippen LogP contribution in [0.15, 0.2) is 40.3 Å². The van der Waals surface area contributed by atoms with Crippen LogP contribution in [0.3, 0.4) is 0 Å². The Kier molecular flexibility index (Phi) is 7.63. The summed E-state index contributed by atoms with van der Waals surface area (Å²) < 4.78 is 12.0. The van der Waals surface area contributed by atoms with Crippen molar-refractivity contribution < 1.29 is 24.2 Å². The fourth-order valence-corrected chi connectivity index (χ4v) is 4.81. The number of hydrogen-bond donors (Lipinski definition) is 1. The molecule has 1 aromatic heterocycles. The fourth-order valence-electron chi connectivity index (χ4n) is 3.34. The number of likely N-dealkylation sites (tertiary alicyclic amines) is 1. The standard InChI is InChI=1S/C20H23BrN2O5S/c21-16-14-29-18(22-16)20(28-13-17(24)25)8-4-5-10-23(11-9-20)19(26)27-12-15-6-2-1-3-7-15/h1-3,6-7,14H,4-5,8-13H2,(H,24,25). The normalized spacial score (nSPS) is 20.0. The Bertz CT molecular complexity index is 831. The Morgan fingerprint density at radius 1 is 1.21 bits per heavy atom. The zero-order valence-electron chi connectivity index (χ0n) is 15.9. The molecule has 0 radical (unpaired) electrons. The van der Waals surface area contributed by atoms with Crippen LogP contribution < -0.4 is 0 Å². The summed E-state index contributed by atoms with van der Waals surface area (Å²) >= 11 is 4.79. The number of rotatable bonds is 6. The number of carbonyl (C=O) groups excluding carboxylic acids is 1. The highest BCUT2D eigenvalue weighted by Crippen LogP contribution is 2.39. The number of amides is 1. The van der Waals surface area contributed by atoms with Gasteiger partial charge in [-0.3, -0.25) is 0 Å². The molecule has 0 spiro atoms. The van der Waals surface area contributed by atoms with Gasteiger partial charge in [-0.1, -0.05) is 30.3 Å². The second-order valence-corrected chi connectivity index (χ2v) is 8.56. The maximum Gasteiger partial charge on any atom is 0.410 e. The van der Waals surface area contributed by atoms with Gasteiger partial charge >= 0.3 is 12.1 Å². The summed E-state index contributed by atoms with van der Waals surface area (Å²) in [6, 6.07) is 9.54. The van der Waals surface area contributed by atoms with Gasteiger partial charge in [-0.15, -0.1) is 11.3 Å². The molecule has 1 amide bonds. The molecule has 9 heteroatoms. The van der Waals surface area contributed by atoms with Crippen molar-refractivity contribution in [1.82, 2.24) is 9.88 Å². The summed E-state index contributed by atoms with van der Waals surface area (Å²) in [5.41, 5.74) is 0.104. The summed E-state index contributed by atoms with van der Waals surface area (Å²) in [5.74, 6) is -1.03. The molecule has 0 bridgehead atoms. The molecule has 1 fully saturated rings. The van der Waals surface area contributed by atoms with E-state index in [0.29, 0.717) is 30.5 Å². The second-order valence-electron chi connectivity index (χ2n) is 6.89. The van der Waals surface area contributed by atoms with Crippen LogP contribution in [-0.2, 0) is 26.5 Å². The first-order chi connectivity index (χ1) is 14.0. The first-order valence-electron chi connectivity index (χ1n) is 9.41. The lowest BCUT2D eigenvalue weighted by Gasteiger charge is -2.36. The highest BCUT2D eigenvalue weighted by molar-refractivity contribution is 9.10. The first kappa shape index (κ1) is 21.7. The molecule has 156 valence electrons. The van der Waals surface area contributed by atoms with Gasteiger partial charge in [-0.2, -0.15) is 0 Å². The average Bonchev–Trinajstić information content (AvgIpc) is 3.13. The van der Waals surface area contributed by atoms with E-state index in [4.69, 9.17) is 14.6 Å². The predicted octanol–water partition coefficient (Wildman–Crippen LogP) is 4.41. The predicted molar refractivity (Wildman–Crippen MR) is 112 cm³/mol. The van der Waals surface area contributed by atoms with Crippen LogP contribution in [0.25, 0.3) is 0 Å². The minimum Gasteiger partial charge on any atom is -0.480 e. The monoisotopic (exact) mass is 482 g/mol. The summed E-state index contributed by atoms with van der Waals surface area (Å²) in [6.45, 7) is 0.820. The first-order valence-corrected chi connectivity index (χ1v) is 11.1. The van der Waals surface area contributed by atoms with Crippen LogP contribution in [0, 0.1) is 0 Å². The molecular formula is C20H23BrN2O5S. The number of carboxylic acids is 1. The Morgan fingerprint density at radius 2 is 2.00 bits per heavy atom. The van der Waals surface area contributed by atoms with Crippen molar-refractivity contribution in [2.75, 3.05) is 19.7 Å². The van der Waals surface area contributed by atoms with Crippen LogP contribution >= 0.6 is 27.3 Å². The van der Waals surface area contributed by atoms with Gasteiger partial charge in [0.2, 0.25) is 0 Å². The molecule has 2 heterocycles. The van der Waals surface area contributed by atoms with Crippen LogP contribution in [0.2, 0.25) is 0 Å². The van der Waals surface area contributed by atoms with Crippen LogP contribution in [-0.4, -0.2) is 46.7 Å². The van der Waals surface area contributed by atoms with Gasteiger partial charge in [0, 0.05) is 24.9 Å². The SMILES string of the molecule is O=C(O)COC1(c2nc(Br)cs2)CCCCN(C(=O)OCc2ccccc2)CC1. The van der Waals surface area contributed by atoms with E-state index in [-0.39, 0.29) is 12.7 Å². The molecule has 29 heavy (non-hydrogen) atoms. The topological polar surface area (TPSA) is 89.0 Å². The molecule has 1 aliphatic heterocycles. The summed E-state index contributed by atoms with van der Waals surface area (Å²) in [6.07, 6.45) is 2.32. The summed E-state index contributed by atoms with van der Waals surface area (Å²) in [4.78, 5) is 29.9. The molecule has 1 aliphatic rings. The number of carbonyl (C=O) groups is 2. The molecule has 2 aromatic rings. The number of halogens is 1.